The predicted octanol–water partition coefficient (Wildman–Crippen LogP) is 2.27. The number of nitro groups is 1. The molecule has 0 amide bonds. The van der Waals surface area contributed by atoms with Gasteiger partial charge in [0.15, 0.2) is 0 Å². The molecule has 0 saturated heterocycles. The van der Waals surface area contributed by atoms with Crippen LogP contribution in [0, 0.1) is 10.1 Å². The van der Waals surface area contributed by atoms with Gasteiger partial charge >= 0.3 is 0 Å². The van der Waals surface area contributed by atoms with Crippen LogP contribution in [-0.2, 0) is 0 Å². The van der Waals surface area contributed by atoms with Crippen LogP contribution in [0.4, 0.5) is 5.69 Å². The molecule has 1 aromatic carbocycles. The highest BCUT2D eigenvalue weighted by Gasteiger charge is 2.12. The molecule has 1 aromatic rings. The van der Waals surface area contributed by atoms with Crippen LogP contribution >= 0.6 is 11.6 Å². The fraction of sp³-hybridized carbons (Fsp3) is 0.250. The molecule has 0 aromatic heterocycles. The highest BCUT2D eigenvalue weighted by molar-refractivity contribution is 6.32. The highest BCUT2D eigenvalue weighted by Crippen LogP contribution is 2.26. The van der Waals surface area contributed by atoms with Crippen molar-refractivity contribution in [3.63, 3.8) is 0 Å². The first-order chi connectivity index (χ1) is 6.02. The van der Waals surface area contributed by atoms with Crippen LogP contribution in [0.15, 0.2) is 18.2 Å². The minimum Gasteiger partial charge on any atom is -0.324 e. The van der Waals surface area contributed by atoms with Gasteiger partial charge in [-0.1, -0.05) is 17.7 Å². The Hall–Kier alpha value is -1.13. The lowest BCUT2D eigenvalue weighted by atomic mass is 10.1. The molecule has 13 heavy (non-hydrogen) atoms. The van der Waals surface area contributed by atoms with Crippen molar-refractivity contribution in [2.75, 3.05) is 0 Å². The van der Waals surface area contributed by atoms with E-state index in [1.807, 2.05) is 0 Å². The van der Waals surface area contributed by atoms with Crippen molar-refractivity contribution in [3.05, 3.63) is 38.9 Å². The lowest BCUT2D eigenvalue weighted by Gasteiger charge is -2.05. The van der Waals surface area contributed by atoms with Crippen LogP contribution < -0.4 is 5.73 Å². The van der Waals surface area contributed by atoms with E-state index in [4.69, 9.17) is 17.3 Å². The van der Waals surface area contributed by atoms with E-state index < -0.39 is 4.92 Å². The Labute approximate surface area is 80.5 Å². The van der Waals surface area contributed by atoms with Gasteiger partial charge in [0.2, 0.25) is 0 Å². The van der Waals surface area contributed by atoms with Gasteiger partial charge in [-0.25, -0.2) is 0 Å². The summed E-state index contributed by atoms with van der Waals surface area (Å²) in [6.07, 6.45) is 0. The maximum atomic E-state index is 10.4. The van der Waals surface area contributed by atoms with Crippen molar-refractivity contribution >= 4 is 17.3 Å². The molecule has 2 N–H and O–H groups in total. The van der Waals surface area contributed by atoms with E-state index in [0.717, 1.165) is 5.56 Å². The zero-order valence-corrected chi connectivity index (χ0v) is 7.78. The second-order valence-electron chi connectivity index (χ2n) is 2.76. The Morgan fingerprint density at radius 1 is 1.62 bits per heavy atom. The minimum atomic E-state index is -0.521. The van der Waals surface area contributed by atoms with Crippen LogP contribution in [0.1, 0.15) is 18.5 Å². The Morgan fingerprint density at radius 3 is 2.62 bits per heavy atom. The summed E-state index contributed by atoms with van der Waals surface area (Å²) in [5.41, 5.74) is 6.28. The molecule has 0 aliphatic rings. The molecule has 0 radical (unpaired) electrons. The van der Waals surface area contributed by atoms with Gasteiger partial charge in [-0.3, -0.25) is 10.1 Å². The first-order valence-corrected chi connectivity index (χ1v) is 4.09. The van der Waals surface area contributed by atoms with Gasteiger partial charge in [0.25, 0.3) is 5.69 Å². The van der Waals surface area contributed by atoms with Crippen LogP contribution in [0.2, 0.25) is 5.02 Å². The molecule has 0 fully saturated rings. The van der Waals surface area contributed by atoms with E-state index in [-0.39, 0.29) is 16.8 Å². The second-order valence-corrected chi connectivity index (χ2v) is 3.16. The van der Waals surface area contributed by atoms with Gasteiger partial charge in [-0.05, 0) is 18.6 Å². The third kappa shape index (κ3) is 2.17. The summed E-state index contributed by atoms with van der Waals surface area (Å²) in [6, 6.07) is 4.32. The Morgan fingerprint density at radius 2 is 2.23 bits per heavy atom. The van der Waals surface area contributed by atoms with Crippen molar-refractivity contribution in [3.8, 4) is 0 Å². The number of hydrogen-bond donors (Lipinski definition) is 1. The molecule has 1 rings (SSSR count). The molecule has 5 heteroatoms. The normalized spacial score (nSPS) is 12.5. The molecule has 0 aliphatic heterocycles. The van der Waals surface area contributed by atoms with E-state index in [2.05, 4.69) is 0 Å². The van der Waals surface area contributed by atoms with Gasteiger partial charge < -0.3 is 5.73 Å². The number of nitrogens with zero attached hydrogens (tertiary/aromatic N) is 1. The molecule has 70 valence electrons. The van der Waals surface area contributed by atoms with Crippen molar-refractivity contribution in [1.82, 2.24) is 0 Å². The first kappa shape index (κ1) is 9.95. The van der Waals surface area contributed by atoms with Crippen molar-refractivity contribution in [1.29, 1.82) is 0 Å². The van der Waals surface area contributed by atoms with E-state index in [1.54, 1.807) is 13.0 Å². The third-order valence-corrected chi connectivity index (χ3v) is 2.00. The average molecular weight is 201 g/mol. The number of nitrogens with two attached hydrogens (primary N) is 1. The van der Waals surface area contributed by atoms with Crippen LogP contribution in [0.3, 0.4) is 0 Å². The summed E-state index contributed by atoms with van der Waals surface area (Å²) in [4.78, 5) is 9.87. The molecule has 0 heterocycles. The summed E-state index contributed by atoms with van der Waals surface area (Å²) in [5.74, 6) is 0. The van der Waals surface area contributed by atoms with E-state index in [9.17, 15) is 10.1 Å². The van der Waals surface area contributed by atoms with E-state index in [1.165, 1.54) is 12.1 Å². The molecule has 0 saturated carbocycles. The Balaban J connectivity index is 3.13. The number of hydrogen-bond acceptors (Lipinski definition) is 3. The SMILES string of the molecule is C[C@@H](N)c1ccc([N+](=O)[O-])c(Cl)c1. The zero-order valence-electron chi connectivity index (χ0n) is 7.03. The predicted molar refractivity (Wildman–Crippen MR) is 50.7 cm³/mol. The summed E-state index contributed by atoms with van der Waals surface area (Å²) in [7, 11) is 0. The molecule has 0 aliphatic carbocycles. The smallest absolute Gasteiger partial charge is 0.287 e. The summed E-state index contributed by atoms with van der Waals surface area (Å²) >= 11 is 5.67. The molecule has 0 spiro atoms. The molecule has 4 nitrogen and oxygen atoms in total. The Bertz CT molecular complexity index is 339. The van der Waals surface area contributed by atoms with Crippen LogP contribution in [-0.4, -0.2) is 4.92 Å². The van der Waals surface area contributed by atoms with Crippen molar-refractivity contribution < 1.29 is 4.92 Å². The lowest BCUT2D eigenvalue weighted by molar-refractivity contribution is -0.384. The number of halogens is 1. The molecule has 1 atom stereocenters. The first-order valence-electron chi connectivity index (χ1n) is 3.72. The molecule has 0 unspecified atom stereocenters. The third-order valence-electron chi connectivity index (χ3n) is 1.69. The van der Waals surface area contributed by atoms with Gasteiger partial charge in [-0.15, -0.1) is 0 Å². The molecular weight excluding hydrogens is 192 g/mol. The fourth-order valence-electron chi connectivity index (χ4n) is 0.954. The maximum Gasteiger partial charge on any atom is 0.287 e. The minimum absolute atomic E-state index is 0.0916. The van der Waals surface area contributed by atoms with Gasteiger partial charge in [0.1, 0.15) is 5.02 Å². The van der Waals surface area contributed by atoms with Crippen molar-refractivity contribution in [2.45, 2.75) is 13.0 Å². The largest absolute Gasteiger partial charge is 0.324 e. The van der Waals surface area contributed by atoms with Gasteiger partial charge in [0.05, 0.1) is 4.92 Å². The summed E-state index contributed by atoms with van der Waals surface area (Å²) < 4.78 is 0. The summed E-state index contributed by atoms with van der Waals surface area (Å²) in [5, 5.41) is 10.5. The fourth-order valence-corrected chi connectivity index (χ4v) is 1.21. The topological polar surface area (TPSA) is 69.2 Å². The van der Waals surface area contributed by atoms with E-state index >= 15 is 0 Å². The van der Waals surface area contributed by atoms with Gasteiger partial charge in [0, 0.05) is 12.1 Å². The standard InChI is InChI=1S/C8H9ClN2O2/c1-5(10)6-2-3-8(11(12)13)7(9)4-6/h2-5H,10H2,1H3/t5-/m1/s1. The highest BCUT2D eigenvalue weighted by atomic mass is 35.5. The van der Waals surface area contributed by atoms with Gasteiger partial charge in [-0.2, -0.15) is 0 Å². The van der Waals surface area contributed by atoms with Crippen LogP contribution in [0.25, 0.3) is 0 Å². The zero-order chi connectivity index (χ0) is 10.0. The quantitative estimate of drug-likeness (QED) is 0.588. The van der Waals surface area contributed by atoms with Crippen LogP contribution in [0.5, 0.6) is 0 Å². The maximum absolute atomic E-state index is 10.4. The van der Waals surface area contributed by atoms with Crippen molar-refractivity contribution in [2.24, 2.45) is 5.73 Å². The second kappa shape index (κ2) is 3.72. The average Bonchev–Trinajstić information content (AvgIpc) is 2.03. The monoisotopic (exact) mass is 200 g/mol. The molecule has 0 bridgehead atoms. The molecular formula is C8H9ClN2O2. The van der Waals surface area contributed by atoms with E-state index in [0.29, 0.717) is 0 Å². The number of nitro benzene ring substituents is 1. The Kier molecular flexibility index (Phi) is 2.85. The summed E-state index contributed by atoms with van der Waals surface area (Å²) in [6.45, 7) is 1.79. The number of benzene rings is 1. The lowest BCUT2D eigenvalue weighted by Crippen LogP contribution is -2.04. The number of rotatable bonds is 2.